The minimum absolute atomic E-state index is 1.27. The van der Waals surface area contributed by atoms with E-state index >= 15 is 0 Å². The predicted octanol–water partition coefficient (Wildman–Crippen LogP) is 11.9. The molecule has 0 saturated heterocycles. The summed E-state index contributed by atoms with van der Waals surface area (Å²) in [5, 5.41) is 10.7. The Morgan fingerprint density at radius 1 is 0.333 bits per heavy atom. The zero-order valence-electron chi connectivity index (χ0n) is 23.7. The maximum Gasteiger partial charge on any atom is -0.000709 e. The monoisotopic (exact) mass is 532 g/mol. The fourth-order valence-electron chi connectivity index (χ4n) is 7.80. The van der Waals surface area contributed by atoms with Gasteiger partial charge in [-0.3, -0.25) is 0 Å². The van der Waals surface area contributed by atoms with Gasteiger partial charge < -0.3 is 0 Å². The molecule has 0 nitrogen and oxygen atoms in total. The molecule has 42 heavy (non-hydrogen) atoms. The summed E-state index contributed by atoms with van der Waals surface area (Å²) in [5.74, 6) is 0. The lowest BCUT2D eigenvalue weighted by Crippen LogP contribution is -1.98. The van der Waals surface area contributed by atoms with Crippen LogP contribution in [0.3, 0.4) is 0 Å². The van der Waals surface area contributed by atoms with Crippen LogP contribution in [0.4, 0.5) is 0 Å². The third kappa shape index (κ3) is 3.02. The van der Waals surface area contributed by atoms with E-state index in [-0.39, 0.29) is 0 Å². The van der Waals surface area contributed by atoms with Gasteiger partial charge >= 0.3 is 0 Å². The number of aryl methyl sites for hydroxylation is 2. The summed E-state index contributed by atoms with van der Waals surface area (Å²) in [6.07, 6.45) is 0. The van der Waals surface area contributed by atoms with Gasteiger partial charge in [0.25, 0.3) is 0 Å². The first-order valence-electron chi connectivity index (χ1n) is 14.8. The molecule has 0 heterocycles. The van der Waals surface area contributed by atoms with E-state index in [2.05, 4.69) is 147 Å². The summed E-state index contributed by atoms with van der Waals surface area (Å²) in [5.41, 5.74) is 13.3. The van der Waals surface area contributed by atoms with Crippen LogP contribution >= 0.6 is 0 Å². The molecule has 8 aromatic carbocycles. The highest BCUT2D eigenvalue weighted by molar-refractivity contribution is 6.32. The Bertz CT molecular complexity index is 2390. The average Bonchev–Trinajstić information content (AvgIpc) is 3.38. The first-order chi connectivity index (χ1) is 20.7. The predicted molar refractivity (Wildman–Crippen MR) is 181 cm³/mol. The van der Waals surface area contributed by atoms with Gasteiger partial charge in [0, 0.05) is 0 Å². The van der Waals surface area contributed by atoms with Crippen LogP contribution in [0.15, 0.2) is 133 Å². The molecule has 1 aliphatic carbocycles. The molecule has 0 aromatic heterocycles. The van der Waals surface area contributed by atoms with E-state index in [1.807, 2.05) is 0 Å². The Labute approximate surface area is 245 Å². The minimum Gasteiger partial charge on any atom is -0.0622 e. The quantitative estimate of drug-likeness (QED) is 0.153. The van der Waals surface area contributed by atoms with Crippen molar-refractivity contribution in [1.29, 1.82) is 0 Å². The highest BCUT2D eigenvalue weighted by Crippen LogP contribution is 2.59. The topological polar surface area (TPSA) is 0 Å². The van der Waals surface area contributed by atoms with Gasteiger partial charge in [-0.25, -0.2) is 0 Å². The Kier molecular flexibility index (Phi) is 4.84. The van der Waals surface area contributed by atoms with E-state index in [1.54, 1.807) is 0 Å². The molecular weight excluding hydrogens is 504 g/mol. The Morgan fingerprint density at radius 3 is 1.40 bits per heavy atom. The molecule has 0 radical (unpaired) electrons. The van der Waals surface area contributed by atoms with E-state index in [9.17, 15) is 0 Å². The van der Waals surface area contributed by atoms with Crippen molar-refractivity contribution in [3.05, 3.63) is 145 Å². The molecule has 0 heteroatoms. The Morgan fingerprint density at radius 2 is 0.810 bits per heavy atom. The zero-order valence-corrected chi connectivity index (χ0v) is 23.7. The number of hydrogen-bond acceptors (Lipinski definition) is 0. The van der Waals surface area contributed by atoms with Crippen molar-refractivity contribution in [2.75, 3.05) is 0 Å². The SMILES string of the molecule is Cc1c2ccccc2c(C)c2c(-c3ccccc3)c3c(c(-c4ccccc4)c12)-c1cccc2c1c-3cc1ccccc12. The van der Waals surface area contributed by atoms with Crippen LogP contribution in [0, 0.1) is 13.8 Å². The molecule has 0 amide bonds. The maximum atomic E-state index is 2.45. The lowest BCUT2D eigenvalue weighted by molar-refractivity contribution is 1.51. The number of benzene rings is 8. The van der Waals surface area contributed by atoms with Crippen LogP contribution in [0.1, 0.15) is 11.1 Å². The van der Waals surface area contributed by atoms with Crippen molar-refractivity contribution in [3.63, 3.8) is 0 Å². The molecule has 0 spiro atoms. The van der Waals surface area contributed by atoms with Crippen LogP contribution in [0.25, 0.3) is 87.6 Å². The third-order valence-electron chi connectivity index (χ3n) is 9.53. The average molecular weight is 533 g/mol. The summed E-state index contributed by atoms with van der Waals surface area (Å²) in [7, 11) is 0. The van der Waals surface area contributed by atoms with Gasteiger partial charge in [0.2, 0.25) is 0 Å². The molecule has 0 unspecified atom stereocenters. The zero-order chi connectivity index (χ0) is 27.9. The van der Waals surface area contributed by atoms with Crippen LogP contribution < -0.4 is 0 Å². The molecule has 9 rings (SSSR count). The van der Waals surface area contributed by atoms with Crippen molar-refractivity contribution in [2.45, 2.75) is 13.8 Å². The molecule has 0 aliphatic heterocycles. The van der Waals surface area contributed by atoms with Crippen LogP contribution in [0.5, 0.6) is 0 Å². The second kappa shape index (κ2) is 8.65. The molecule has 0 bridgehead atoms. The van der Waals surface area contributed by atoms with Crippen molar-refractivity contribution in [3.8, 4) is 44.5 Å². The lowest BCUT2D eigenvalue weighted by Gasteiger charge is -2.24. The van der Waals surface area contributed by atoms with E-state index in [4.69, 9.17) is 0 Å². The highest BCUT2D eigenvalue weighted by atomic mass is 14.3. The second-order valence-corrected chi connectivity index (χ2v) is 11.7. The van der Waals surface area contributed by atoms with Gasteiger partial charge in [0.1, 0.15) is 0 Å². The minimum atomic E-state index is 1.27. The largest absolute Gasteiger partial charge is 0.0622 e. The van der Waals surface area contributed by atoms with E-state index in [0.29, 0.717) is 0 Å². The molecule has 0 fully saturated rings. The third-order valence-corrected chi connectivity index (χ3v) is 9.53. The Balaban J connectivity index is 1.64. The molecular formula is C42H28. The van der Waals surface area contributed by atoms with Crippen LogP contribution in [-0.2, 0) is 0 Å². The smallest absolute Gasteiger partial charge is 0.000709 e. The summed E-state index contributed by atoms with van der Waals surface area (Å²) in [4.78, 5) is 0. The van der Waals surface area contributed by atoms with E-state index in [1.165, 1.54) is 98.7 Å². The van der Waals surface area contributed by atoms with Gasteiger partial charge in [0.05, 0.1) is 0 Å². The summed E-state index contributed by atoms with van der Waals surface area (Å²) in [6.45, 7) is 4.66. The molecule has 196 valence electrons. The van der Waals surface area contributed by atoms with Gasteiger partial charge in [-0.2, -0.15) is 0 Å². The summed E-state index contributed by atoms with van der Waals surface area (Å²) in [6, 6.07) is 49.3. The standard InChI is InChI=1S/C42H28/c1-25-30-19-11-12-20-31(30)26(2)37-36(25)38(27-14-5-3-6-15-27)41-34-23-13-22-33-32-21-10-9-18-29(32)24-35(40(33)34)42(41)39(37)28-16-7-4-8-17-28/h3-24H,1-2H3. The van der Waals surface area contributed by atoms with Crippen molar-refractivity contribution in [1.82, 2.24) is 0 Å². The number of rotatable bonds is 2. The summed E-state index contributed by atoms with van der Waals surface area (Å²) >= 11 is 0. The van der Waals surface area contributed by atoms with E-state index < -0.39 is 0 Å². The Hall–Kier alpha value is -5.20. The normalized spacial score (nSPS) is 12.0. The first-order valence-corrected chi connectivity index (χ1v) is 14.8. The van der Waals surface area contributed by atoms with Crippen LogP contribution in [0.2, 0.25) is 0 Å². The molecule has 8 aromatic rings. The van der Waals surface area contributed by atoms with E-state index in [0.717, 1.165) is 0 Å². The van der Waals surface area contributed by atoms with Gasteiger partial charge in [-0.1, -0.05) is 127 Å². The maximum absolute atomic E-state index is 2.45. The lowest BCUT2D eigenvalue weighted by atomic mass is 9.78. The molecule has 1 aliphatic rings. The highest BCUT2D eigenvalue weighted by Gasteiger charge is 2.32. The van der Waals surface area contributed by atoms with Gasteiger partial charge in [-0.15, -0.1) is 0 Å². The number of fused-ring (bicyclic) bond motifs is 7. The van der Waals surface area contributed by atoms with Gasteiger partial charge in [0.15, 0.2) is 0 Å². The molecule has 0 atom stereocenters. The van der Waals surface area contributed by atoms with Crippen molar-refractivity contribution >= 4 is 43.1 Å². The fourth-order valence-corrected chi connectivity index (χ4v) is 7.80. The molecule has 0 N–H and O–H groups in total. The second-order valence-electron chi connectivity index (χ2n) is 11.7. The van der Waals surface area contributed by atoms with Crippen molar-refractivity contribution < 1.29 is 0 Å². The first kappa shape index (κ1) is 23.5. The van der Waals surface area contributed by atoms with Gasteiger partial charge in [-0.05, 0) is 119 Å². The molecule has 0 saturated carbocycles. The number of hydrogen-bond donors (Lipinski definition) is 0. The van der Waals surface area contributed by atoms with Crippen molar-refractivity contribution in [2.24, 2.45) is 0 Å². The van der Waals surface area contributed by atoms with Crippen LogP contribution in [-0.4, -0.2) is 0 Å². The summed E-state index contributed by atoms with van der Waals surface area (Å²) < 4.78 is 0. The fraction of sp³-hybridized carbons (Fsp3) is 0.0476.